The van der Waals surface area contributed by atoms with Crippen molar-refractivity contribution in [3.63, 3.8) is 0 Å². The Morgan fingerprint density at radius 3 is 2.42 bits per heavy atom. The highest BCUT2D eigenvalue weighted by Gasteiger charge is 2.27. The van der Waals surface area contributed by atoms with Crippen molar-refractivity contribution >= 4 is 55.1 Å². The molecule has 2 rings (SSSR count). The number of anilines is 1. The van der Waals surface area contributed by atoms with Crippen LogP contribution in [-0.4, -0.2) is 50.0 Å². The second-order valence-corrected chi connectivity index (χ2v) is 12.2. The summed E-state index contributed by atoms with van der Waals surface area (Å²) in [6, 6.07) is 12.0. The van der Waals surface area contributed by atoms with Crippen molar-refractivity contribution in [3.8, 4) is 0 Å². The van der Waals surface area contributed by atoms with Crippen LogP contribution in [0.2, 0.25) is 5.02 Å². The molecule has 0 aliphatic rings. The highest BCUT2D eigenvalue weighted by Crippen LogP contribution is 2.28. The summed E-state index contributed by atoms with van der Waals surface area (Å²) in [5.74, 6) is -0.446. The Labute approximate surface area is 228 Å². The minimum absolute atomic E-state index is 0.00738. The van der Waals surface area contributed by atoms with Crippen molar-refractivity contribution in [2.45, 2.75) is 65.6 Å². The lowest BCUT2D eigenvalue weighted by Crippen LogP contribution is -2.49. The van der Waals surface area contributed by atoms with E-state index in [-0.39, 0.29) is 43.8 Å². The molecule has 36 heavy (non-hydrogen) atoms. The predicted octanol–water partition coefficient (Wildman–Crippen LogP) is 5.29. The van der Waals surface area contributed by atoms with Crippen LogP contribution in [-0.2, 0) is 26.2 Å². The molecule has 0 heterocycles. The van der Waals surface area contributed by atoms with Crippen LogP contribution in [0.3, 0.4) is 0 Å². The van der Waals surface area contributed by atoms with E-state index in [1.807, 2.05) is 38.1 Å². The van der Waals surface area contributed by atoms with Crippen LogP contribution < -0.4 is 9.62 Å². The Hall–Kier alpha value is -2.10. The van der Waals surface area contributed by atoms with Crippen LogP contribution in [0.5, 0.6) is 0 Å². The smallest absolute Gasteiger partial charge is 0.242 e. The van der Waals surface area contributed by atoms with Crippen LogP contribution in [0.1, 0.15) is 51.2 Å². The van der Waals surface area contributed by atoms with E-state index >= 15 is 0 Å². The largest absolute Gasteiger partial charge is 0.352 e. The number of carbonyl (C=O) groups is 2. The molecular formula is C26H35BrClN3O4S. The van der Waals surface area contributed by atoms with Gasteiger partial charge < -0.3 is 10.2 Å². The molecule has 0 fully saturated rings. The van der Waals surface area contributed by atoms with Crippen LogP contribution in [0.15, 0.2) is 46.9 Å². The van der Waals surface area contributed by atoms with Crippen molar-refractivity contribution in [2.75, 3.05) is 17.1 Å². The van der Waals surface area contributed by atoms with E-state index in [1.165, 1.54) is 4.31 Å². The van der Waals surface area contributed by atoms with Gasteiger partial charge in [0.2, 0.25) is 21.8 Å². The summed E-state index contributed by atoms with van der Waals surface area (Å²) in [7, 11) is -3.59. The number of amides is 2. The number of hydrogen-bond donors (Lipinski definition) is 1. The molecule has 0 bridgehead atoms. The summed E-state index contributed by atoms with van der Waals surface area (Å²) in [5.41, 5.74) is 2.03. The number of nitrogens with zero attached hydrogens (tertiary/aromatic N) is 2. The van der Waals surface area contributed by atoms with Gasteiger partial charge in [-0.05, 0) is 69.0 Å². The molecule has 2 aromatic carbocycles. The van der Waals surface area contributed by atoms with Crippen molar-refractivity contribution in [3.05, 3.63) is 63.1 Å². The first-order valence-corrected chi connectivity index (χ1v) is 14.9. The average Bonchev–Trinajstić information content (AvgIpc) is 2.81. The fourth-order valence-corrected chi connectivity index (χ4v) is 5.36. The first-order chi connectivity index (χ1) is 16.8. The zero-order chi connectivity index (χ0) is 27.0. The second kappa shape index (κ2) is 13.4. The second-order valence-electron chi connectivity index (χ2n) is 8.97. The number of sulfonamides is 1. The fraction of sp³-hybridized carbons (Fsp3) is 0.462. The predicted molar refractivity (Wildman–Crippen MR) is 150 cm³/mol. The molecule has 0 spiro atoms. The highest BCUT2D eigenvalue weighted by molar-refractivity contribution is 9.10. The normalized spacial score (nSPS) is 13.1. The van der Waals surface area contributed by atoms with Crippen LogP contribution in [0, 0.1) is 6.92 Å². The van der Waals surface area contributed by atoms with Gasteiger partial charge in [0.15, 0.2) is 0 Å². The summed E-state index contributed by atoms with van der Waals surface area (Å²) in [5, 5.41) is 3.42. The van der Waals surface area contributed by atoms with Crippen molar-refractivity contribution in [1.29, 1.82) is 0 Å². The van der Waals surface area contributed by atoms with Gasteiger partial charge in [0.25, 0.3) is 0 Å². The number of carbonyl (C=O) groups excluding carboxylic acids is 2. The Morgan fingerprint density at radius 2 is 1.81 bits per heavy atom. The minimum atomic E-state index is -3.59. The van der Waals surface area contributed by atoms with E-state index in [1.54, 1.807) is 36.9 Å². The van der Waals surface area contributed by atoms with Gasteiger partial charge in [0.1, 0.15) is 6.04 Å². The van der Waals surface area contributed by atoms with Crippen molar-refractivity contribution in [2.24, 2.45) is 0 Å². The molecule has 1 N–H and O–H groups in total. The Bertz CT molecular complexity index is 1180. The number of hydrogen-bond acceptors (Lipinski definition) is 4. The Morgan fingerprint density at radius 1 is 1.14 bits per heavy atom. The lowest BCUT2D eigenvalue weighted by molar-refractivity contribution is -0.140. The van der Waals surface area contributed by atoms with Crippen molar-refractivity contribution in [1.82, 2.24) is 10.2 Å². The molecule has 2 aromatic rings. The molecule has 0 radical (unpaired) electrons. The molecule has 0 aromatic heterocycles. The molecule has 198 valence electrons. The summed E-state index contributed by atoms with van der Waals surface area (Å²) in [6.45, 7) is 7.75. The van der Waals surface area contributed by atoms with Gasteiger partial charge in [0.05, 0.1) is 11.9 Å². The van der Waals surface area contributed by atoms with E-state index in [4.69, 9.17) is 11.6 Å². The molecule has 2 atom stereocenters. The third-order valence-electron chi connectivity index (χ3n) is 6.07. The maximum atomic E-state index is 13.4. The number of benzene rings is 2. The van der Waals surface area contributed by atoms with E-state index in [9.17, 15) is 18.0 Å². The first-order valence-electron chi connectivity index (χ1n) is 11.9. The van der Waals surface area contributed by atoms with Gasteiger partial charge in [-0.25, -0.2) is 8.42 Å². The first kappa shape index (κ1) is 30.1. The SMILES string of the molecule is CC[C@@H](C)NC(=O)[C@H](C)N(Cc1cccc(Br)c1)C(=O)CCCN(c1cccc(Cl)c1C)S(C)(=O)=O. The molecule has 0 aliphatic carbocycles. The third kappa shape index (κ3) is 8.49. The quantitative estimate of drug-likeness (QED) is 0.359. The van der Waals surface area contributed by atoms with Gasteiger partial charge in [0, 0.05) is 35.0 Å². The average molecular weight is 601 g/mol. The molecule has 2 amide bonds. The fourth-order valence-electron chi connectivity index (χ4n) is 3.73. The zero-order valence-electron chi connectivity index (χ0n) is 21.4. The van der Waals surface area contributed by atoms with Crippen molar-refractivity contribution < 1.29 is 18.0 Å². The standard InChI is InChI=1S/C26H35BrClN3O4S/c1-6-18(2)29-26(33)20(4)30(17-21-10-7-11-22(27)16-21)25(32)14-9-15-31(36(5,34)35)24-13-8-12-23(28)19(24)3/h7-8,10-13,16,18,20H,6,9,14-15,17H2,1-5H3,(H,29,33)/t18-,20+/m1/s1. The molecule has 0 saturated heterocycles. The molecule has 0 aliphatic heterocycles. The van der Waals surface area contributed by atoms with E-state index in [0.29, 0.717) is 16.3 Å². The van der Waals surface area contributed by atoms with Gasteiger partial charge in [-0.15, -0.1) is 0 Å². The molecule has 7 nitrogen and oxygen atoms in total. The number of rotatable bonds is 12. The van der Waals surface area contributed by atoms with Gasteiger partial charge >= 0.3 is 0 Å². The zero-order valence-corrected chi connectivity index (χ0v) is 24.6. The Balaban J connectivity index is 2.21. The van der Waals surface area contributed by atoms with E-state index in [0.717, 1.165) is 22.7 Å². The maximum absolute atomic E-state index is 13.4. The van der Waals surface area contributed by atoms with Gasteiger partial charge in [-0.3, -0.25) is 13.9 Å². The molecule has 0 unspecified atom stereocenters. The summed E-state index contributed by atoms with van der Waals surface area (Å²) in [4.78, 5) is 27.8. The topological polar surface area (TPSA) is 86.8 Å². The van der Waals surface area contributed by atoms with Crippen LogP contribution >= 0.6 is 27.5 Å². The van der Waals surface area contributed by atoms with Crippen LogP contribution in [0.25, 0.3) is 0 Å². The van der Waals surface area contributed by atoms with E-state index < -0.39 is 16.1 Å². The number of nitrogens with one attached hydrogen (secondary N) is 1. The minimum Gasteiger partial charge on any atom is -0.352 e. The molecule has 0 saturated carbocycles. The summed E-state index contributed by atoms with van der Waals surface area (Å²) >= 11 is 9.66. The van der Waals surface area contributed by atoms with Gasteiger partial charge in [-0.1, -0.05) is 52.7 Å². The van der Waals surface area contributed by atoms with E-state index in [2.05, 4.69) is 21.2 Å². The monoisotopic (exact) mass is 599 g/mol. The third-order valence-corrected chi connectivity index (χ3v) is 8.15. The molecular weight excluding hydrogens is 566 g/mol. The summed E-state index contributed by atoms with van der Waals surface area (Å²) in [6.07, 6.45) is 2.28. The maximum Gasteiger partial charge on any atom is 0.242 e. The lowest BCUT2D eigenvalue weighted by Gasteiger charge is -2.30. The highest BCUT2D eigenvalue weighted by atomic mass is 79.9. The number of halogens is 2. The molecule has 10 heteroatoms. The lowest BCUT2D eigenvalue weighted by atomic mass is 10.1. The van der Waals surface area contributed by atoms with Crippen LogP contribution in [0.4, 0.5) is 5.69 Å². The Kier molecular flexibility index (Phi) is 11.3. The van der Waals surface area contributed by atoms with Gasteiger partial charge in [-0.2, -0.15) is 0 Å². The summed E-state index contributed by atoms with van der Waals surface area (Å²) < 4.78 is 27.2.